The molecule has 0 saturated heterocycles. The van der Waals surface area contributed by atoms with Gasteiger partial charge in [-0.1, -0.05) is 36.4 Å². The fourth-order valence-electron chi connectivity index (χ4n) is 1.50. The lowest BCUT2D eigenvalue weighted by molar-refractivity contribution is -0.139. The molecule has 2 aromatic carbocycles. The van der Waals surface area contributed by atoms with Gasteiger partial charge < -0.3 is 4.74 Å². The SMILES string of the molecule is FC(F)(F)c1cc[c]cc1OCc1ccccc1. The molecule has 0 saturated carbocycles. The first-order chi connectivity index (χ1) is 8.57. The Morgan fingerprint density at radius 3 is 2.44 bits per heavy atom. The van der Waals surface area contributed by atoms with Gasteiger partial charge >= 0.3 is 6.18 Å². The first kappa shape index (κ1) is 12.5. The Balaban J connectivity index is 2.15. The van der Waals surface area contributed by atoms with Gasteiger partial charge in [0.25, 0.3) is 0 Å². The van der Waals surface area contributed by atoms with Gasteiger partial charge in [-0.15, -0.1) is 0 Å². The second-order valence-electron chi connectivity index (χ2n) is 3.69. The van der Waals surface area contributed by atoms with Gasteiger partial charge in [-0.05, 0) is 23.8 Å². The van der Waals surface area contributed by atoms with Gasteiger partial charge in [0.15, 0.2) is 0 Å². The molecule has 1 radical (unpaired) electrons. The molecule has 0 amide bonds. The van der Waals surface area contributed by atoms with Crippen LogP contribution in [0.4, 0.5) is 13.2 Å². The second-order valence-corrected chi connectivity index (χ2v) is 3.69. The number of halogens is 3. The monoisotopic (exact) mass is 251 g/mol. The maximum absolute atomic E-state index is 12.7. The summed E-state index contributed by atoms with van der Waals surface area (Å²) in [5.74, 6) is -0.200. The molecule has 0 N–H and O–H groups in total. The normalized spacial score (nSPS) is 11.3. The fraction of sp³-hybridized carbons (Fsp3) is 0.143. The number of alkyl halides is 3. The molecular formula is C14H10F3O. The molecular weight excluding hydrogens is 241 g/mol. The summed E-state index contributed by atoms with van der Waals surface area (Å²) in [7, 11) is 0. The molecule has 1 nitrogen and oxygen atoms in total. The van der Waals surface area contributed by atoms with Gasteiger partial charge in [0, 0.05) is 0 Å². The first-order valence-corrected chi connectivity index (χ1v) is 5.31. The van der Waals surface area contributed by atoms with Crippen molar-refractivity contribution >= 4 is 0 Å². The standard InChI is InChI=1S/C14H10F3O/c15-14(16,17)12-8-4-5-9-13(12)18-10-11-6-2-1-3-7-11/h1-4,6-9H,10H2. The van der Waals surface area contributed by atoms with Crippen molar-refractivity contribution in [3.63, 3.8) is 0 Å². The lowest BCUT2D eigenvalue weighted by Crippen LogP contribution is -2.08. The molecule has 0 unspecified atom stereocenters. The summed E-state index contributed by atoms with van der Waals surface area (Å²) in [5.41, 5.74) is 0.0339. The van der Waals surface area contributed by atoms with Gasteiger partial charge in [-0.25, -0.2) is 0 Å². The minimum absolute atomic E-state index is 0.0990. The van der Waals surface area contributed by atoms with E-state index in [1.54, 1.807) is 24.3 Å². The van der Waals surface area contributed by atoms with Crippen LogP contribution in [-0.2, 0) is 12.8 Å². The number of hydrogen-bond acceptors (Lipinski definition) is 1. The predicted molar refractivity (Wildman–Crippen MR) is 61.1 cm³/mol. The smallest absolute Gasteiger partial charge is 0.419 e. The highest BCUT2D eigenvalue weighted by atomic mass is 19.4. The molecule has 0 bridgehead atoms. The number of rotatable bonds is 3. The Morgan fingerprint density at radius 1 is 1.06 bits per heavy atom. The molecule has 0 aliphatic rings. The van der Waals surface area contributed by atoms with E-state index >= 15 is 0 Å². The van der Waals surface area contributed by atoms with Gasteiger partial charge in [-0.2, -0.15) is 13.2 Å². The Bertz CT molecular complexity index is 506. The van der Waals surface area contributed by atoms with E-state index in [4.69, 9.17) is 4.74 Å². The third kappa shape index (κ3) is 3.03. The van der Waals surface area contributed by atoms with E-state index in [1.807, 2.05) is 6.07 Å². The summed E-state index contributed by atoms with van der Waals surface area (Å²) in [4.78, 5) is 0. The zero-order valence-electron chi connectivity index (χ0n) is 9.37. The summed E-state index contributed by atoms with van der Waals surface area (Å²) < 4.78 is 43.2. The predicted octanol–water partition coefficient (Wildman–Crippen LogP) is 4.08. The van der Waals surface area contributed by atoms with Crippen LogP contribution < -0.4 is 4.74 Å². The molecule has 93 valence electrons. The lowest BCUT2D eigenvalue weighted by atomic mass is 10.2. The van der Waals surface area contributed by atoms with E-state index in [0.717, 1.165) is 11.6 Å². The minimum atomic E-state index is -4.42. The van der Waals surface area contributed by atoms with Crippen LogP contribution in [-0.4, -0.2) is 0 Å². The van der Waals surface area contributed by atoms with E-state index in [1.165, 1.54) is 12.1 Å². The van der Waals surface area contributed by atoms with E-state index in [-0.39, 0.29) is 12.4 Å². The van der Waals surface area contributed by atoms with Crippen molar-refractivity contribution in [1.82, 2.24) is 0 Å². The molecule has 2 aromatic rings. The van der Waals surface area contributed by atoms with Crippen molar-refractivity contribution in [2.24, 2.45) is 0 Å². The third-order valence-corrected chi connectivity index (χ3v) is 2.37. The maximum atomic E-state index is 12.7. The summed E-state index contributed by atoms with van der Waals surface area (Å²) >= 11 is 0. The Morgan fingerprint density at radius 2 is 1.78 bits per heavy atom. The second kappa shape index (κ2) is 5.12. The quantitative estimate of drug-likeness (QED) is 0.798. The van der Waals surface area contributed by atoms with Gasteiger partial charge in [0.05, 0.1) is 5.56 Å². The van der Waals surface area contributed by atoms with E-state index in [9.17, 15) is 13.2 Å². The summed E-state index contributed by atoms with van der Waals surface area (Å²) in [5, 5.41) is 0. The van der Waals surface area contributed by atoms with E-state index in [2.05, 4.69) is 6.07 Å². The number of hydrogen-bond donors (Lipinski definition) is 0. The minimum Gasteiger partial charge on any atom is -0.488 e. The van der Waals surface area contributed by atoms with Crippen molar-refractivity contribution in [1.29, 1.82) is 0 Å². The van der Waals surface area contributed by atoms with Gasteiger partial charge in [-0.3, -0.25) is 0 Å². The average Bonchev–Trinajstić information content (AvgIpc) is 2.37. The van der Waals surface area contributed by atoms with Crippen LogP contribution >= 0.6 is 0 Å². The number of benzene rings is 2. The average molecular weight is 251 g/mol. The van der Waals surface area contributed by atoms with Crippen molar-refractivity contribution in [3.05, 3.63) is 65.7 Å². The Kier molecular flexibility index (Phi) is 3.55. The summed E-state index contributed by atoms with van der Waals surface area (Å²) in [6.45, 7) is 0.0990. The van der Waals surface area contributed by atoms with Crippen molar-refractivity contribution in [2.75, 3.05) is 0 Å². The van der Waals surface area contributed by atoms with Crippen LogP contribution in [0.2, 0.25) is 0 Å². The zero-order chi connectivity index (χ0) is 13.0. The van der Waals surface area contributed by atoms with Crippen LogP contribution in [0, 0.1) is 6.07 Å². The van der Waals surface area contributed by atoms with Gasteiger partial charge in [0.2, 0.25) is 0 Å². The Hall–Kier alpha value is -1.97. The van der Waals surface area contributed by atoms with Crippen LogP contribution in [0.15, 0.2) is 48.5 Å². The van der Waals surface area contributed by atoms with Crippen molar-refractivity contribution in [3.8, 4) is 5.75 Å². The molecule has 2 rings (SSSR count). The molecule has 0 fully saturated rings. The molecule has 0 aromatic heterocycles. The topological polar surface area (TPSA) is 9.23 Å². The van der Waals surface area contributed by atoms with Crippen LogP contribution in [0.25, 0.3) is 0 Å². The third-order valence-electron chi connectivity index (χ3n) is 2.37. The van der Waals surface area contributed by atoms with Crippen LogP contribution in [0.1, 0.15) is 11.1 Å². The van der Waals surface area contributed by atoms with Crippen molar-refractivity contribution in [2.45, 2.75) is 12.8 Å². The Labute approximate surface area is 103 Å². The van der Waals surface area contributed by atoms with E-state index in [0.29, 0.717) is 0 Å². The van der Waals surface area contributed by atoms with E-state index < -0.39 is 11.7 Å². The molecule has 0 heterocycles. The maximum Gasteiger partial charge on any atom is 0.419 e. The molecule has 0 spiro atoms. The number of ether oxygens (including phenoxy) is 1. The summed E-state index contributed by atoms with van der Waals surface area (Å²) in [6, 6.07) is 15.0. The zero-order valence-corrected chi connectivity index (χ0v) is 9.37. The molecule has 18 heavy (non-hydrogen) atoms. The fourth-order valence-corrected chi connectivity index (χ4v) is 1.50. The highest BCUT2D eigenvalue weighted by Gasteiger charge is 2.33. The van der Waals surface area contributed by atoms with Crippen LogP contribution in [0.3, 0.4) is 0 Å². The molecule has 0 aliphatic carbocycles. The largest absolute Gasteiger partial charge is 0.488 e. The van der Waals surface area contributed by atoms with Crippen LogP contribution in [0.5, 0.6) is 5.75 Å². The highest BCUT2D eigenvalue weighted by molar-refractivity contribution is 5.35. The highest BCUT2D eigenvalue weighted by Crippen LogP contribution is 2.35. The lowest BCUT2D eigenvalue weighted by Gasteiger charge is -2.13. The van der Waals surface area contributed by atoms with Gasteiger partial charge in [0.1, 0.15) is 12.4 Å². The molecule has 4 heteroatoms. The first-order valence-electron chi connectivity index (χ1n) is 5.31. The van der Waals surface area contributed by atoms with Crippen molar-refractivity contribution < 1.29 is 17.9 Å². The molecule has 0 aliphatic heterocycles. The summed E-state index contributed by atoms with van der Waals surface area (Å²) in [6.07, 6.45) is -4.42. The molecule has 0 atom stereocenters.